The Labute approximate surface area is 86.8 Å². The summed E-state index contributed by atoms with van der Waals surface area (Å²) in [6.07, 6.45) is 3.88. The number of nitrogens with one attached hydrogen (secondary N) is 1. The molecule has 1 aliphatic rings. The maximum absolute atomic E-state index is 4.29. The molecule has 0 atom stereocenters. The van der Waals surface area contributed by atoms with Crippen LogP contribution in [0.15, 0.2) is 16.9 Å². The van der Waals surface area contributed by atoms with Gasteiger partial charge in [0.2, 0.25) is 0 Å². The van der Waals surface area contributed by atoms with E-state index in [1.807, 2.05) is 17.4 Å². The fourth-order valence-electron chi connectivity index (χ4n) is 1.11. The van der Waals surface area contributed by atoms with E-state index in [2.05, 4.69) is 52.1 Å². The minimum absolute atomic E-state index is 0.00125. The molecule has 14 heavy (non-hydrogen) atoms. The third kappa shape index (κ3) is 2.50. The molecule has 0 aromatic carbocycles. The fraction of sp³-hybridized carbons (Fsp3) is 0.727. The van der Waals surface area contributed by atoms with E-state index in [-0.39, 0.29) is 11.0 Å². The van der Waals surface area contributed by atoms with Gasteiger partial charge in [-0.2, -0.15) is 5.10 Å². The largest absolute Gasteiger partial charge is 0.286 e. The van der Waals surface area contributed by atoms with Gasteiger partial charge >= 0.3 is 0 Å². The summed E-state index contributed by atoms with van der Waals surface area (Å²) in [5, 5.41) is 6.18. The van der Waals surface area contributed by atoms with Crippen LogP contribution in [0.3, 0.4) is 0 Å². The fourth-order valence-corrected chi connectivity index (χ4v) is 1.11. The predicted octanol–water partition coefficient (Wildman–Crippen LogP) is 2.52. The summed E-state index contributed by atoms with van der Waals surface area (Å²) in [7, 11) is 0. The van der Waals surface area contributed by atoms with E-state index >= 15 is 0 Å². The van der Waals surface area contributed by atoms with E-state index in [1.165, 1.54) is 5.70 Å². The molecule has 1 N–H and O–H groups in total. The van der Waals surface area contributed by atoms with Gasteiger partial charge in [0.05, 0.1) is 11.8 Å². The number of hydrazine groups is 1. The SMILES string of the molecule is CC(C)(C)C1=CC=NN(C(C)(C)C)N1. The third-order valence-electron chi connectivity index (χ3n) is 2.09. The summed E-state index contributed by atoms with van der Waals surface area (Å²) in [6.45, 7) is 12.9. The lowest BCUT2D eigenvalue weighted by Crippen LogP contribution is -2.49. The van der Waals surface area contributed by atoms with Crippen molar-refractivity contribution in [1.29, 1.82) is 0 Å². The Hall–Kier alpha value is -0.990. The highest BCUT2D eigenvalue weighted by Gasteiger charge is 2.26. The van der Waals surface area contributed by atoms with E-state index in [0.29, 0.717) is 0 Å². The summed E-state index contributed by atoms with van der Waals surface area (Å²) in [6, 6.07) is 0. The first-order valence-corrected chi connectivity index (χ1v) is 5.03. The molecule has 3 heteroatoms. The van der Waals surface area contributed by atoms with Crippen LogP contribution in [0.5, 0.6) is 0 Å². The van der Waals surface area contributed by atoms with Gasteiger partial charge in [-0.15, -0.1) is 0 Å². The number of hydrogen-bond donors (Lipinski definition) is 1. The van der Waals surface area contributed by atoms with Gasteiger partial charge in [-0.05, 0) is 26.8 Å². The zero-order valence-electron chi connectivity index (χ0n) is 10.0. The molecule has 1 rings (SSSR count). The Morgan fingerprint density at radius 1 is 1.14 bits per heavy atom. The lowest BCUT2D eigenvalue weighted by Gasteiger charge is -2.39. The number of allylic oxidation sites excluding steroid dienone is 2. The Morgan fingerprint density at radius 3 is 2.14 bits per heavy atom. The first-order chi connectivity index (χ1) is 6.21. The van der Waals surface area contributed by atoms with Gasteiger partial charge in [-0.25, -0.2) is 5.12 Å². The molecule has 3 nitrogen and oxygen atoms in total. The van der Waals surface area contributed by atoms with Gasteiger partial charge in [-0.3, -0.25) is 5.43 Å². The molecule has 0 bridgehead atoms. The van der Waals surface area contributed by atoms with Crippen LogP contribution in [0.2, 0.25) is 0 Å². The molecule has 0 fully saturated rings. The second kappa shape index (κ2) is 3.30. The lowest BCUT2D eigenvalue weighted by molar-refractivity contribution is 0.0812. The van der Waals surface area contributed by atoms with Gasteiger partial charge in [-0.1, -0.05) is 20.8 Å². The summed E-state index contributed by atoms with van der Waals surface area (Å²) < 4.78 is 0. The first kappa shape index (κ1) is 11.1. The lowest BCUT2D eigenvalue weighted by atomic mass is 9.92. The van der Waals surface area contributed by atoms with Crippen LogP contribution in [-0.2, 0) is 0 Å². The van der Waals surface area contributed by atoms with Crippen LogP contribution in [0, 0.1) is 5.41 Å². The molecule has 80 valence electrons. The van der Waals surface area contributed by atoms with Gasteiger partial charge in [0.1, 0.15) is 0 Å². The molecule has 1 heterocycles. The summed E-state index contributed by atoms with van der Waals surface area (Å²) in [5.74, 6) is 0. The van der Waals surface area contributed by atoms with Crippen molar-refractivity contribution < 1.29 is 0 Å². The Morgan fingerprint density at radius 2 is 1.71 bits per heavy atom. The van der Waals surface area contributed by atoms with Crippen molar-refractivity contribution in [2.75, 3.05) is 0 Å². The Kier molecular flexibility index (Phi) is 2.61. The van der Waals surface area contributed by atoms with Gasteiger partial charge in [0.15, 0.2) is 0 Å². The smallest absolute Gasteiger partial charge is 0.0717 e. The molecule has 1 aliphatic heterocycles. The molecule has 0 aliphatic carbocycles. The Bertz CT molecular complexity index is 263. The molecule has 0 aromatic heterocycles. The molecule has 0 radical (unpaired) electrons. The molecular formula is C11H21N3. The van der Waals surface area contributed by atoms with E-state index in [1.54, 1.807) is 0 Å². The number of hydrogen-bond acceptors (Lipinski definition) is 3. The molecule has 0 saturated heterocycles. The van der Waals surface area contributed by atoms with E-state index in [9.17, 15) is 0 Å². The topological polar surface area (TPSA) is 27.6 Å². The van der Waals surface area contributed by atoms with Crippen LogP contribution in [0.4, 0.5) is 0 Å². The van der Waals surface area contributed by atoms with Crippen molar-refractivity contribution >= 4 is 6.21 Å². The van der Waals surface area contributed by atoms with Gasteiger partial charge < -0.3 is 0 Å². The molecule has 0 spiro atoms. The minimum atomic E-state index is 0.00125. The number of hydrazone groups is 1. The monoisotopic (exact) mass is 195 g/mol. The van der Waals surface area contributed by atoms with Crippen molar-refractivity contribution in [3.05, 3.63) is 11.8 Å². The zero-order chi connectivity index (χ0) is 11.0. The van der Waals surface area contributed by atoms with E-state index < -0.39 is 0 Å². The standard InChI is InChI=1S/C11H21N3/c1-10(2,3)9-7-8-12-14(13-9)11(4,5)6/h7-8,13H,1-6H3. The van der Waals surface area contributed by atoms with Crippen LogP contribution >= 0.6 is 0 Å². The summed E-state index contributed by atoms with van der Waals surface area (Å²) in [4.78, 5) is 0. The van der Waals surface area contributed by atoms with Crippen molar-refractivity contribution in [3.8, 4) is 0 Å². The Balaban J connectivity index is 2.80. The average Bonchev–Trinajstić information content (AvgIpc) is 2.01. The van der Waals surface area contributed by atoms with Crippen molar-refractivity contribution in [2.45, 2.75) is 47.1 Å². The van der Waals surface area contributed by atoms with Crippen LogP contribution < -0.4 is 5.43 Å². The molecule has 0 saturated carbocycles. The van der Waals surface area contributed by atoms with Crippen molar-refractivity contribution in [2.24, 2.45) is 10.5 Å². The highest BCUT2D eigenvalue weighted by molar-refractivity contribution is 5.72. The van der Waals surface area contributed by atoms with Crippen LogP contribution in [0.25, 0.3) is 0 Å². The van der Waals surface area contributed by atoms with Crippen LogP contribution in [0.1, 0.15) is 41.5 Å². The average molecular weight is 195 g/mol. The van der Waals surface area contributed by atoms with Crippen LogP contribution in [-0.4, -0.2) is 16.9 Å². The normalized spacial score (nSPS) is 17.9. The quantitative estimate of drug-likeness (QED) is 0.643. The number of nitrogens with zero attached hydrogens (tertiary/aromatic N) is 2. The summed E-state index contributed by atoms with van der Waals surface area (Å²) >= 11 is 0. The van der Waals surface area contributed by atoms with E-state index in [0.717, 1.165) is 0 Å². The maximum Gasteiger partial charge on any atom is 0.0717 e. The molecular weight excluding hydrogens is 174 g/mol. The molecule has 0 aromatic rings. The highest BCUT2D eigenvalue weighted by atomic mass is 15.7. The maximum atomic E-state index is 4.29. The second-order valence-corrected chi connectivity index (χ2v) is 5.69. The summed E-state index contributed by atoms with van der Waals surface area (Å²) in [5.41, 5.74) is 4.66. The highest BCUT2D eigenvalue weighted by Crippen LogP contribution is 2.25. The third-order valence-corrected chi connectivity index (χ3v) is 2.09. The second-order valence-electron chi connectivity index (χ2n) is 5.69. The molecule has 0 unspecified atom stereocenters. The number of rotatable bonds is 0. The van der Waals surface area contributed by atoms with E-state index in [4.69, 9.17) is 0 Å². The van der Waals surface area contributed by atoms with Crippen molar-refractivity contribution in [1.82, 2.24) is 10.5 Å². The van der Waals surface area contributed by atoms with Gasteiger partial charge in [0, 0.05) is 11.1 Å². The van der Waals surface area contributed by atoms with Crippen molar-refractivity contribution in [3.63, 3.8) is 0 Å². The molecule has 0 amide bonds. The minimum Gasteiger partial charge on any atom is -0.286 e. The zero-order valence-corrected chi connectivity index (χ0v) is 10.0. The predicted molar refractivity (Wildman–Crippen MR) is 60.8 cm³/mol. The van der Waals surface area contributed by atoms with Gasteiger partial charge in [0.25, 0.3) is 0 Å². The first-order valence-electron chi connectivity index (χ1n) is 5.03.